The number of carbonyl (C=O) groups excluding carboxylic acids is 1. The second kappa shape index (κ2) is 5.80. The Labute approximate surface area is 128 Å². The van der Waals surface area contributed by atoms with E-state index in [0.717, 1.165) is 19.6 Å². The number of fused-ring (bicyclic) bond motifs is 1. The number of halogens is 2. The molecule has 20 heavy (non-hydrogen) atoms. The highest BCUT2D eigenvalue weighted by atomic mass is 35.5. The summed E-state index contributed by atoms with van der Waals surface area (Å²) in [4.78, 5) is 14.1. The van der Waals surface area contributed by atoms with Crippen LogP contribution in [0.25, 0.3) is 0 Å². The predicted molar refractivity (Wildman–Crippen MR) is 81.6 cm³/mol. The van der Waals surface area contributed by atoms with E-state index in [0.29, 0.717) is 27.7 Å². The lowest BCUT2D eigenvalue weighted by atomic mass is 9.94. The Morgan fingerprint density at radius 2 is 2.00 bits per heavy atom. The molecule has 3 rings (SSSR count). The summed E-state index contributed by atoms with van der Waals surface area (Å²) in [6, 6.07) is 5.41. The molecule has 0 radical (unpaired) electrons. The molecule has 0 spiro atoms. The standard InChI is InChI=1S/C14H17Cl2N3O/c15-10-4-11(16)6-12(5-10)18-14(20)19-7-9-2-1-3-17-13(9)8-19/h4-6,9,13,17H,1-3,7-8H2,(H,18,20)/t9-,13+/m0/s1. The molecule has 6 heteroatoms. The number of rotatable bonds is 1. The number of piperidine rings is 1. The molecule has 4 nitrogen and oxygen atoms in total. The van der Waals surface area contributed by atoms with Crippen LogP contribution in [0.2, 0.25) is 10.0 Å². The highest BCUT2D eigenvalue weighted by molar-refractivity contribution is 6.35. The third-order valence-electron chi connectivity index (χ3n) is 4.00. The van der Waals surface area contributed by atoms with Gasteiger partial charge in [-0.15, -0.1) is 0 Å². The molecule has 1 aromatic carbocycles. The molecule has 2 aliphatic rings. The van der Waals surface area contributed by atoms with Gasteiger partial charge in [0.25, 0.3) is 0 Å². The van der Waals surface area contributed by atoms with Crippen molar-refractivity contribution >= 4 is 34.9 Å². The zero-order valence-corrected chi connectivity index (χ0v) is 12.5. The maximum absolute atomic E-state index is 12.3. The molecule has 1 aromatic rings. The number of amides is 2. The topological polar surface area (TPSA) is 44.4 Å². The lowest BCUT2D eigenvalue weighted by Gasteiger charge is -2.24. The smallest absolute Gasteiger partial charge is 0.321 e. The van der Waals surface area contributed by atoms with E-state index in [2.05, 4.69) is 10.6 Å². The maximum atomic E-state index is 12.3. The minimum Gasteiger partial charge on any atom is -0.323 e. The Morgan fingerprint density at radius 3 is 2.70 bits per heavy atom. The second-order valence-electron chi connectivity index (χ2n) is 5.46. The molecule has 0 aliphatic carbocycles. The van der Waals surface area contributed by atoms with Gasteiger partial charge in [-0.1, -0.05) is 23.2 Å². The van der Waals surface area contributed by atoms with Gasteiger partial charge in [0, 0.05) is 34.9 Å². The number of nitrogens with one attached hydrogen (secondary N) is 2. The normalized spacial score (nSPS) is 25.4. The number of benzene rings is 1. The summed E-state index contributed by atoms with van der Waals surface area (Å²) in [6.45, 7) is 2.64. The average Bonchev–Trinajstić information content (AvgIpc) is 2.81. The molecular weight excluding hydrogens is 297 g/mol. The minimum atomic E-state index is -0.0838. The van der Waals surface area contributed by atoms with E-state index in [9.17, 15) is 4.79 Å². The first kappa shape index (κ1) is 14.0. The molecule has 2 fully saturated rings. The molecule has 0 bridgehead atoms. The van der Waals surface area contributed by atoms with Crippen LogP contribution in [-0.2, 0) is 0 Å². The maximum Gasteiger partial charge on any atom is 0.321 e. The van der Waals surface area contributed by atoms with Crippen LogP contribution in [0.4, 0.5) is 10.5 Å². The van der Waals surface area contributed by atoms with Gasteiger partial charge in [-0.05, 0) is 43.5 Å². The molecule has 2 aliphatic heterocycles. The van der Waals surface area contributed by atoms with Crippen molar-refractivity contribution in [3.05, 3.63) is 28.2 Å². The van der Waals surface area contributed by atoms with Crippen LogP contribution in [-0.4, -0.2) is 36.6 Å². The van der Waals surface area contributed by atoms with E-state index >= 15 is 0 Å². The monoisotopic (exact) mass is 313 g/mol. The van der Waals surface area contributed by atoms with Crippen molar-refractivity contribution in [1.29, 1.82) is 0 Å². The van der Waals surface area contributed by atoms with Gasteiger partial charge >= 0.3 is 6.03 Å². The highest BCUT2D eigenvalue weighted by Gasteiger charge is 2.36. The van der Waals surface area contributed by atoms with Gasteiger partial charge in [-0.3, -0.25) is 0 Å². The molecule has 2 heterocycles. The van der Waals surface area contributed by atoms with Crippen molar-refractivity contribution in [3.8, 4) is 0 Å². The Bertz CT molecular complexity index is 489. The molecule has 2 amide bonds. The summed E-state index contributed by atoms with van der Waals surface area (Å²) in [6.07, 6.45) is 2.39. The summed E-state index contributed by atoms with van der Waals surface area (Å²) in [5.74, 6) is 0.581. The summed E-state index contributed by atoms with van der Waals surface area (Å²) in [5.41, 5.74) is 0.635. The third kappa shape index (κ3) is 3.03. The van der Waals surface area contributed by atoms with Crippen LogP contribution >= 0.6 is 23.2 Å². The predicted octanol–water partition coefficient (Wildman–Crippen LogP) is 3.21. The quantitative estimate of drug-likeness (QED) is 0.836. The zero-order chi connectivity index (χ0) is 14.1. The minimum absolute atomic E-state index is 0.0838. The number of likely N-dealkylation sites (tertiary alicyclic amines) is 1. The fourth-order valence-corrected chi connectivity index (χ4v) is 3.57. The first-order chi connectivity index (χ1) is 9.61. The zero-order valence-electron chi connectivity index (χ0n) is 11.0. The Kier molecular flexibility index (Phi) is 4.06. The van der Waals surface area contributed by atoms with Gasteiger partial charge in [-0.25, -0.2) is 4.79 Å². The van der Waals surface area contributed by atoms with Gasteiger partial charge in [0.15, 0.2) is 0 Å². The van der Waals surface area contributed by atoms with Gasteiger partial charge in [0.2, 0.25) is 0 Å². The van der Waals surface area contributed by atoms with E-state index in [1.54, 1.807) is 18.2 Å². The van der Waals surface area contributed by atoms with E-state index in [-0.39, 0.29) is 6.03 Å². The highest BCUT2D eigenvalue weighted by Crippen LogP contribution is 2.26. The molecule has 0 saturated carbocycles. The molecular formula is C14H17Cl2N3O. The lowest BCUT2D eigenvalue weighted by Crippen LogP contribution is -2.41. The van der Waals surface area contributed by atoms with Crippen molar-refractivity contribution in [2.75, 3.05) is 25.0 Å². The summed E-state index contributed by atoms with van der Waals surface area (Å²) >= 11 is 11.9. The summed E-state index contributed by atoms with van der Waals surface area (Å²) in [7, 11) is 0. The van der Waals surface area contributed by atoms with Crippen LogP contribution in [0.5, 0.6) is 0 Å². The number of urea groups is 1. The van der Waals surface area contributed by atoms with Crippen LogP contribution in [0, 0.1) is 5.92 Å². The largest absolute Gasteiger partial charge is 0.323 e. The molecule has 2 N–H and O–H groups in total. The van der Waals surface area contributed by atoms with Crippen molar-refractivity contribution in [3.63, 3.8) is 0 Å². The number of carbonyl (C=O) groups is 1. The van der Waals surface area contributed by atoms with Crippen LogP contribution in [0.3, 0.4) is 0 Å². The van der Waals surface area contributed by atoms with Crippen LogP contribution in [0.1, 0.15) is 12.8 Å². The van der Waals surface area contributed by atoms with Gasteiger partial charge in [-0.2, -0.15) is 0 Å². The molecule has 0 aromatic heterocycles. The van der Waals surface area contributed by atoms with Crippen molar-refractivity contribution < 1.29 is 4.79 Å². The number of hydrogen-bond donors (Lipinski definition) is 2. The second-order valence-corrected chi connectivity index (χ2v) is 6.33. The van der Waals surface area contributed by atoms with E-state index in [1.165, 1.54) is 12.8 Å². The molecule has 0 unspecified atom stereocenters. The molecule has 2 atom stereocenters. The van der Waals surface area contributed by atoms with Gasteiger partial charge < -0.3 is 15.5 Å². The van der Waals surface area contributed by atoms with Crippen molar-refractivity contribution in [2.24, 2.45) is 5.92 Å². The van der Waals surface area contributed by atoms with Crippen molar-refractivity contribution in [1.82, 2.24) is 10.2 Å². The summed E-state index contributed by atoms with van der Waals surface area (Å²) < 4.78 is 0. The fraction of sp³-hybridized carbons (Fsp3) is 0.500. The van der Waals surface area contributed by atoms with E-state index in [4.69, 9.17) is 23.2 Å². The lowest BCUT2D eigenvalue weighted by molar-refractivity contribution is 0.220. The first-order valence-corrected chi connectivity index (χ1v) is 7.63. The van der Waals surface area contributed by atoms with E-state index in [1.807, 2.05) is 4.90 Å². The number of nitrogens with zero attached hydrogens (tertiary/aromatic N) is 1. The van der Waals surface area contributed by atoms with Crippen LogP contribution in [0.15, 0.2) is 18.2 Å². The van der Waals surface area contributed by atoms with Crippen LogP contribution < -0.4 is 10.6 Å². The fourth-order valence-electron chi connectivity index (χ4n) is 3.04. The van der Waals surface area contributed by atoms with Gasteiger partial charge in [0.1, 0.15) is 0 Å². The number of hydrogen-bond acceptors (Lipinski definition) is 2. The average molecular weight is 314 g/mol. The van der Waals surface area contributed by atoms with Gasteiger partial charge in [0.05, 0.1) is 0 Å². The molecule has 108 valence electrons. The first-order valence-electron chi connectivity index (χ1n) is 6.87. The third-order valence-corrected chi connectivity index (χ3v) is 4.44. The van der Waals surface area contributed by atoms with Crippen molar-refractivity contribution in [2.45, 2.75) is 18.9 Å². The summed E-state index contributed by atoms with van der Waals surface area (Å²) in [5, 5.41) is 7.39. The van der Waals surface area contributed by atoms with E-state index < -0.39 is 0 Å². The Hall–Kier alpha value is -0.970. The SMILES string of the molecule is O=C(Nc1cc(Cl)cc(Cl)c1)N1C[C@@H]2CCCN[C@@H]2C1. The Morgan fingerprint density at radius 1 is 1.25 bits per heavy atom. The molecule has 2 saturated heterocycles. The Balaban J connectivity index is 1.64. The number of anilines is 1.